The van der Waals surface area contributed by atoms with E-state index in [4.69, 9.17) is 4.74 Å². The third kappa shape index (κ3) is 1.79. The SMILES string of the molecule is COC(=O)[C@@H]1[C@H](/C=C2/CCSC2=O)C1(C)C. The Bertz CT molecular complexity index is 370. The summed E-state index contributed by atoms with van der Waals surface area (Å²) in [5.41, 5.74) is 0.822. The molecule has 2 rings (SSSR count). The summed E-state index contributed by atoms with van der Waals surface area (Å²) in [5.74, 6) is 0.798. The Balaban J connectivity index is 2.13. The van der Waals surface area contributed by atoms with Crippen LogP contribution in [0.1, 0.15) is 20.3 Å². The van der Waals surface area contributed by atoms with Crippen molar-refractivity contribution in [1.29, 1.82) is 0 Å². The first kappa shape index (κ1) is 11.7. The molecule has 1 saturated heterocycles. The lowest BCUT2D eigenvalue weighted by Gasteiger charge is -1.99. The summed E-state index contributed by atoms with van der Waals surface area (Å²) >= 11 is 1.37. The Morgan fingerprint density at radius 2 is 2.25 bits per heavy atom. The molecule has 3 nitrogen and oxygen atoms in total. The molecule has 0 aromatic rings. The predicted molar refractivity (Wildman–Crippen MR) is 62.9 cm³/mol. The molecule has 0 spiro atoms. The molecule has 1 saturated carbocycles. The molecule has 4 heteroatoms. The van der Waals surface area contributed by atoms with Crippen molar-refractivity contribution >= 4 is 22.8 Å². The number of thioether (sulfide) groups is 1. The van der Waals surface area contributed by atoms with Gasteiger partial charge in [-0.1, -0.05) is 31.7 Å². The topological polar surface area (TPSA) is 43.4 Å². The van der Waals surface area contributed by atoms with Crippen LogP contribution >= 0.6 is 11.8 Å². The van der Waals surface area contributed by atoms with Crippen molar-refractivity contribution in [3.05, 3.63) is 11.6 Å². The standard InChI is InChI=1S/C12H16O3S/c1-12(2)8(9(12)10(13)15-3)6-7-4-5-16-11(7)14/h6,8-9H,4-5H2,1-3H3/b7-6-/t8-,9-/m0/s1. The summed E-state index contributed by atoms with van der Waals surface area (Å²) in [7, 11) is 1.41. The molecular weight excluding hydrogens is 224 g/mol. The van der Waals surface area contributed by atoms with Gasteiger partial charge in [-0.15, -0.1) is 0 Å². The molecule has 88 valence electrons. The van der Waals surface area contributed by atoms with Crippen molar-refractivity contribution in [3.63, 3.8) is 0 Å². The maximum absolute atomic E-state index is 11.5. The number of carbonyl (C=O) groups excluding carboxylic acids is 2. The molecule has 0 amide bonds. The van der Waals surface area contributed by atoms with Crippen molar-refractivity contribution in [2.24, 2.45) is 17.3 Å². The Hall–Kier alpha value is -0.770. The highest BCUT2D eigenvalue weighted by atomic mass is 32.2. The van der Waals surface area contributed by atoms with E-state index in [9.17, 15) is 9.59 Å². The van der Waals surface area contributed by atoms with Crippen LogP contribution in [0.15, 0.2) is 11.6 Å². The van der Waals surface area contributed by atoms with Gasteiger partial charge in [0.2, 0.25) is 5.12 Å². The van der Waals surface area contributed by atoms with E-state index in [-0.39, 0.29) is 28.3 Å². The highest BCUT2D eigenvalue weighted by molar-refractivity contribution is 8.14. The number of rotatable bonds is 2. The van der Waals surface area contributed by atoms with Gasteiger partial charge in [0.1, 0.15) is 0 Å². The summed E-state index contributed by atoms with van der Waals surface area (Å²) in [6, 6.07) is 0. The van der Waals surface area contributed by atoms with E-state index in [1.165, 1.54) is 18.9 Å². The van der Waals surface area contributed by atoms with Crippen LogP contribution in [0.3, 0.4) is 0 Å². The zero-order valence-corrected chi connectivity index (χ0v) is 10.6. The van der Waals surface area contributed by atoms with Gasteiger partial charge in [-0.3, -0.25) is 9.59 Å². The summed E-state index contributed by atoms with van der Waals surface area (Å²) in [4.78, 5) is 23.0. The Morgan fingerprint density at radius 1 is 1.56 bits per heavy atom. The van der Waals surface area contributed by atoms with Gasteiger partial charge in [0, 0.05) is 11.3 Å². The normalized spacial score (nSPS) is 34.2. The number of hydrogen-bond acceptors (Lipinski definition) is 4. The molecule has 2 fully saturated rings. The molecule has 0 unspecified atom stereocenters. The average molecular weight is 240 g/mol. The van der Waals surface area contributed by atoms with Gasteiger partial charge in [-0.05, 0) is 17.8 Å². The predicted octanol–water partition coefficient (Wildman–Crippen LogP) is 2.02. The third-order valence-electron chi connectivity index (χ3n) is 3.61. The van der Waals surface area contributed by atoms with Crippen LogP contribution in [-0.2, 0) is 14.3 Å². The Labute approximate surface area is 99.6 Å². The van der Waals surface area contributed by atoms with Crippen molar-refractivity contribution in [3.8, 4) is 0 Å². The van der Waals surface area contributed by atoms with Crippen molar-refractivity contribution in [2.45, 2.75) is 20.3 Å². The van der Waals surface area contributed by atoms with Gasteiger partial charge in [0.15, 0.2) is 0 Å². The van der Waals surface area contributed by atoms with E-state index in [0.717, 1.165) is 17.7 Å². The maximum atomic E-state index is 11.5. The molecule has 0 aromatic heterocycles. The summed E-state index contributed by atoms with van der Waals surface area (Å²) < 4.78 is 4.77. The van der Waals surface area contributed by atoms with Crippen LogP contribution in [0.25, 0.3) is 0 Å². The molecule has 16 heavy (non-hydrogen) atoms. The second kappa shape index (κ2) is 3.91. The molecule has 0 N–H and O–H groups in total. The van der Waals surface area contributed by atoms with Gasteiger partial charge in [-0.2, -0.15) is 0 Å². The van der Waals surface area contributed by atoms with Crippen molar-refractivity contribution < 1.29 is 14.3 Å². The molecule has 0 aromatic carbocycles. The van der Waals surface area contributed by atoms with Gasteiger partial charge in [0.25, 0.3) is 0 Å². The first-order chi connectivity index (χ1) is 7.48. The summed E-state index contributed by atoms with van der Waals surface area (Å²) in [6.07, 6.45) is 2.83. The number of ether oxygens (including phenoxy) is 1. The first-order valence-electron chi connectivity index (χ1n) is 5.44. The minimum atomic E-state index is -0.162. The number of hydrogen-bond donors (Lipinski definition) is 0. The van der Waals surface area contributed by atoms with Crippen LogP contribution in [0.4, 0.5) is 0 Å². The van der Waals surface area contributed by atoms with E-state index in [1.54, 1.807) is 0 Å². The maximum Gasteiger partial charge on any atom is 0.309 e. The third-order valence-corrected chi connectivity index (χ3v) is 4.55. The molecule has 2 aliphatic rings. The zero-order chi connectivity index (χ0) is 11.9. The van der Waals surface area contributed by atoms with Gasteiger partial charge in [-0.25, -0.2) is 0 Å². The van der Waals surface area contributed by atoms with E-state index in [2.05, 4.69) is 0 Å². The van der Waals surface area contributed by atoms with E-state index in [0.29, 0.717) is 0 Å². The summed E-state index contributed by atoms with van der Waals surface area (Å²) in [5, 5.41) is 0.173. The van der Waals surface area contributed by atoms with E-state index in [1.807, 2.05) is 19.9 Å². The van der Waals surface area contributed by atoms with Crippen LogP contribution in [0, 0.1) is 17.3 Å². The zero-order valence-electron chi connectivity index (χ0n) is 9.78. The minimum Gasteiger partial charge on any atom is -0.469 e. The van der Waals surface area contributed by atoms with Gasteiger partial charge < -0.3 is 4.74 Å². The molecule has 1 heterocycles. The molecule has 1 aliphatic heterocycles. The van der Waals surface area contributed by atoms with Crippen molar-refractivity contribution in [2.75, 3.05) is 12.9 Å². The average Bonchev–Trinajstić information content (AvgIpc) is 2.57. The van der Waals surface area contributed by atoms with Gasteiger partial charge >= 0.3 is 5.97 Å². The van der Waals surface area contributed by atoms with E-state index >= 15 is 0 Å². The lowest BCUT2D eigenvalue weighted by atomic mass is 10.1. The van der Waals surface area contributed by atoms with Crippen LogP contribution in [0.2, 0.25) is 0 Å². The van der Waals surface area contributed by atoms with E-state index < -0.39 is 0 Å². The summed E-state index contributed by atoms with van der Waals surface area (Å²) in [6.45, 7) is 4.09. The van der Waals surface area contributed by atoms with Crippen LogP contribution < -0.4 is 0 Å². The minimum absolute atomic E-state index is 0.0619. The largest absolute Gasteiger partial charge is 0.469 e. The first-order valence-corrected chi connectivity index (χ1v) is 6.42. The van der Waals surface area contributed by atoms with Crippen LogP contribution in [0.5, 0.6) is 0 Å². The van der Waals surface area contributed by atoms with Crippen molar-refractivity contribution in [1.82, 2.24) is 0 Å². The lowest BCUT2D eigenvalue weighted by Crippen LogP contribution is -2.07. The number of methoxy groups -OCH3 is 1. The number of carbonyl (C=O) groups is 2. The highest BCUT2D eigenvalue weighted by Crippen LogP contribution is 2.60. The quantitative estimate of drug-likeness (QED) is 0.547. The Kier molecular flexibility index (Phi) is 2.86. The smallest absolute Gasteiger partial charge is 0.309 e. The second-order valence-corrected chi connectivity index (χ2v) is 5.99. The molecule has 0 radical (unpaired) electrons. The molecule has 0 bridgehead atoms. The molecular formula is C12H16O3S. The fourth-order valence-electron chi connectivity index (χ4n) is 2.38. The van der Waals surface area contributed by atoms with Crippen LogP contribution in [-0.4, -0.2) is 23.9 Å². The number of allylic oxidation sites excluding steroid dienone is 1. The molecule has 2 atom stereocenters. The Morgan fingerprint density at radius 3 is 2.75 bits per heavy atom. The highest BCUT2D eigenvalue weighted by Gasteiger charge is 2.61. The molecule has 1 aliphatic carbocycles. The second-order valence-electron chi connectivity index (χ2n) is 4.93. The lowest BCUT2D eigenvalue weighted by molar-refractivity contribution is -0.143. The van der Waals surface area contributed by atoms with Gasteiger partial charge in [0.05, 0.1) is 13.0 Å². The fraction of sp³-hybridized carbons (Fsp3) is 0.667. The number of esters is 1. The fourth-order valence-corrected chi connectivity index (χ4v) is 3.25. The monoisotopic (exact) mass is 240 g/mol.